The van der Waals surface area contributed by atoms with Crippen LogP contribution in [-0.4, -0.2) is 26.4 Å². The first-order valence-corrected chi connectivity index (χ1v) is 9.01. The molecule has 1 heterocycles. The number of aryl methyl sites for hydroxylation is 1. The van der Waals surface area contributed by atoms with Gasteiger partial charge in [0.1, 0.15) is 0 Å². The Hall–Kier alpha value is -2.25. The molecule has 24 heavy (non-hydrogen) atoms. The molecule has 0 aliphatic rings. The average molecular weight is 347 g/mol. The molecule has 0 unspecified atom stereocenters. The number of carbonyl (C=O) groups is 1. The van der Waals surface area contributed by atoms with Crippen LogP contribution in [0.15, 0.2) is 41.4 Å². The van der Waals surface area contributed by atoms with Crippen LogP contribution in [0.1, 0.15) is 40.1 Å². The zero-order chi connectivity index (χ0) is 17.9. The van der Waals surface area contributed by atoms with Crippen molar-refractivity contribution in [2.75, 3.05) is 7.05 Å². The van der Waals surface area contributed by atoms with E-state index < -0.39 is 10.0 Å². The number of carbonyl (C=O) groups excluding carboxylic acids is 1. The van der Waals surface area contributed by atoms with Gasteiger partial charge in [-0.2, -0.15) is 0 Å². The minimum atomic E-state index is -3.63. The minimum absolute atomic E-state index is 0.112. The number of aromatic nitrogens is 1. The smallest absolute Gasteiger partial charge is 0.251 e. The molecule has 1 amide bonds. The lowest BCUT2D eigenvalue weighted by atomic mass is 10.1. The first kappa shape index (κ1) is 18.1. The van der Waals surface area contributed by atoms with Crippen LogP contribution >= 0.6 is 0 Å². The quantitative estimate of drug-likeness (QED) is 0.867. The van der Waals surface area contributed by atoms with Crippen molar-refractivity contribution in [1.82, 2.24) is 15.0 Å². The number of hydrogen-bond acceptors (Lipinski definition) is 4. The largest absolute Gasteiger partial charge is 0.344 e. The molecular formula is C17H21N3O3S. The third kappa shape index (κ3) is 3.80. The Morgan fingerprint density at radius 3 is 2.50 bits per heavy atom. The lowest BCUT2D eigenvalue weighted by Gasteiger charge is -2.15. The molecule has 0 radical (unpaired) electrons. The number of nitrogens with zero attached hydrogens (tertiary/aromatic N) is 1. The van der Waals surface area contributed by atoms with Gasteiger partial charge in [-0.1, -0.05) is 6.07 Å². The maximum absolute atomic E-state index is 12.5. The molecule has 0 spiro atoms. The predicted molar refractivity (Wildman–Crippen MR) is 92.3 cm³/mol. The second kappa shape index (κ2) is 7.11. The van der Waals surface area contributed by atoms with E-state index in [1.54, 1.807) is 32.2 Å². The van der Waals surface area contributed by atoms with Crippen LogP contribution in [0.5, 0.6) is 0 Å². The van der Waals surface area contributed by atoms with Gasteiger partial charge in [0.25, 0.3) is 5.91 Å². The molecule has 0 saturated heterocycles. The van der Waals surface area contributed by atoms with Gasteiger partial charge < -0.3 is 5.32 Å². The molecule has 0 saturated carbocycles. The molecule has 6 nitrogen and oxygen atoms in total. The number of pyridine rings is 1. The van der Waals surface area contributed by atoms with Crippen LogP contribution < -0.4 is 10.0 Å². The summed E-state index contributed by atoms with van der Waals surface area (Å²) in [7, 11) is -2.28. The third-order valence-electron chi connectivity index (χ3n) is 3.92. The first-order chi connectivity index (χ1) is 11.3. The third-order valence-corrected chi connectivity index (χ3v) is 5.46. The molecular weight excluding hydrogens is 326 g/mol. The Morgan fingerprint density at radius 2 is 1.92 bits per heavy atom. The molecule has 0 fully saturated rings. The highest BCUT2D eigenvalue weighted by Gasteiger charge is 2.20. The van der Waals surface area contributed by atoms with Gasteiger partial charge in [0.15, 0.2) is 0 Å². The van der Waals surface area contributed by atoms with E-state index in [0.29, 0.717) is 11.1 Å². The summed E-state index contributed by atoms with van der Waals surface area (Å²) >= 11 is 0. The fourth-order valence-corrected chi connectivity index (χ4v) is 3.40. The summed E-state index contributed by atoms with van der Waals surface area (Å²) < 4.78 is 26.6. The highest BCUT2D eigenvalue weighted by Crippen LogP contribution is 2.21. The van der Waals surface area contributed by atoms with E-state index in [2.05, 4.69) is 15.0 Å². The molecule has 0 aliphatic heterocycles. The maximum Gasteiger partial charge on any atom is 0.251 e. The molecule has 0 aliphatic carbocycles. The van der Waals surface area contributed by atoms with Gasteiger partial charge in [0, 0.05) is 11.8 Å². The van der Waals surface area contributed by atoms with Crippen LogP contribution in [0.2, 0.25) is 0 Å². The zero-order valence-corrected chi connectivity index (χ0v) is 14.9. The number of hydrogen-bond donors (Lipinski definition) is 2. The molecule has 1 atom stereocenters. The summed E-state index contributed by atoms with van der Waals surface area (Å²) in [5, 5.41) is 2.84. The molecule has 2 rings (SSSR count). The SMILES string of the molecule is CNS(=O)(=O)c1cc(C(=O)N[C@H](C)c2ccccn2)cc(C)c1C. The topological polar surface area (TPSA) is 88.2 Å². The van der Waals surface area contributed by atoms with Gasteiger partial charge in [-0.15, -0.1) is 0 Å². The number of nitrogens with one attached hydrogen (secondary N) is 2. The van der Waals surface area contributed by atoms with Gasteiger partial charge >= 0.3 is 0 Å². The van der Waals surface area contributed by atoms with Crippen LogP contribution in [0, 0.1) is 13.8 Å². The molecule has 2 aromatic rings. The fraction of sp³-hybridized carbons (Fsp3) is 0.294. The lowest BCUT2D eigenvalue weighted by Crippen LogP contribution is -2.28. The Morgan fingerprint density at radius 1 is 1.21 bits per heavy atom. The maximum atomic E-state index is 12.5. The van der Waals surface area contributed by atoms with E-state index in [1.807, 2.05) is 19.1 Å². The van der Waals surface area contributed by atoms with E-state index >= 15 is 0 Å². The second-order valence-electron chi connectivity index (χ2n) is 5.57. The van der Waals surface area contributed by atoms with Crippen molar-refractivity contribution >= 4 is 15.9 Å². The molecule has 2 N–H and O–H groups in total. The number of amides is 1. The minimum Gasteiger partial charge on any atom is -0.344 e. The van der Waals surface area contributed by atoms with Gasteiger partial charge in [-0.3, -0.25) is 9.78 Å². The van der Waals surface area contributed by atoms with Gasteiger partial charge in [0.2, 0.25) is 10.0 Å². The molecule has 1 aromatic heterocycles. The van der Waals surface area contributed by atoms with E-state index in [-0.39, 0.29) is 16.8 Å². The fourth-order valence-electron chi connectivity index (χ4n) is 2.33. The van der Waals surface area contributed by atoms with Crippen molar-refractivity contribution in [2.24, 2.45) is 0 Å². The summed E-state index contributed by atoms with van der Waals surface area (Å²) in [5.74, 6) is -0.344. The number of benzene rings is 1. The Balaban J connectivity index is 2.34. The standard InChI is InChI=1S/C17H21N3O3S/c1-11-9-14(10-16(12(11)2)24(22,23)18-4)17(21)20-13(3)15-7-5-6-8-19-15/h5-10,13,18H,1-4H3,(H,20,21)/t13-/m1/s1. The Bertz CT molecular complexity index is 849. The van der Waals surface area contributed by atoms with Crippen LogP contribution in [0.3, 0.4) is 0 Å². The van der Waals surface area contributed by atoms with Crippen molar-refractivity contribution in [3.05, 3.63) is 58.9 Å². The molecule has 1 aromatic carbocycles. The summed E-state index contributed by atoms with van der Waals surface area (Å²) in [4.78, 5) is 16.8. The van der Waals surface area contributed by atoms with Crippen molar-refractivity contribution in [3.63, 3.8) is 0 Å². The Kier molecular flexibility index (Phi) is 5.36. The highest BCUT2D eigenvalue weighted by atomic mass is 32.2. The summed E-state index contributed by atoms with van der Waals surface area (Å²) in [6.07, 6.45) is 1.66. The summed E-state index contributed by atoms with van der Waals surface area (Å²) in [6, 6.07) is 8.26. The summed E-state index contributed by atoms with van der Waals surface area (Å²) in [6.45, 7) is 5.33. The Labute approximate surface area is 142 Å². The number of rotatable bonds is 5. The average Bonchev–Trinajstić information content (AvgIpc) is 2.57. The molecule has 7 heteroatoms. The van der Waals surface area contributed by atoms with Crippen molar-refractivity contribution in [2.45, 2.75) is 31.7 Å². The van der Waals surface area contributed by atoms with Gasteiger partial charge in [0.05, 0.1) is 16.6 Å². The van der Waals surface area contributed by atoms with Crippen LogP contribution in [-0.2, 0) is 10.0 Å². The van der Waals surface area contributed by atoms with Gasteiger partial charge in [-0.05, 0) is 63.2 Å². The normalized spacial score (nSPS) is 12.7. The molecule has 0 bridgehead atoms. The van der Waals surface area contributed by atoms with Crippen LogP contribution in [0.25, 0.3) is 0 Å². The van der Waals surface area contributed by atoms with Crippen molar-refractivity contribution in [3.8, 4) is 0 Å². The van der Waals surface area contributed by atoms with Gasteiger partial charge in [-0.25, -0.2) is 13.1 Å². The predicted octanol–water partition coefficient (Wildman–Crippen LogP) is 2.10. The van der Waals surface area contributed by atoms with E-state index in [0.717, 1.165) is 11.3 Å². The van der Waals surface area contributed by atoms with E-state index in [9.17, 15) is 13.2 Å². The van der Waals surface area contributed by atoms with E-state index in [1.165, 1.54) is 13.1 Å². The van der Waals surface area contributed by atoms with Crippen LogP contribution in [0.4, 0.5) is 0 Å². The molecule has 128 valence electrons. The first-order valence-electron chi connectivity index (χ1n) is 7.53. The summed E-state index contributed by atoms with van der Waals surface area (Å²) in [5.41, 5.74) is 2.40. The highest BCUT2D eigenvalue weighted by molar-refractivity contribution is 7.89. The second-order valence-corrected chi connectivity index (χ2v) is 7.43. The number of sulfonamides is 1. The monoisotopic (exact) mass is 347 g/mol. The zero-order valence-electron chi connectivity index (χ0n) is 14.1. The van der Waals surface area contributed by atoms with E-state index in [4.69, 9.17) is 0 Å². The van der Waals surface area contributed by atoms with Crippen molar-refractivity contribution < 1.29 is 13.2 Å². The lowest BCUT2D eigenvalue weighted by molar-refractivity contribution is 0.0939. The van der Waals surface area contributed by atoms with Crippen molar-refractivity contribution in [1.29, 1.82) is 0 Å².